The number of ether oxygens (including phenoxy) is 6. The maximum Gasteiger partial charge on any atom is 0.222 e. The Kier molecular flexibility index (Phi) is 25.5. The molecule has 212 valence electrons. The van der Waals surface area contributed by atoms with E-state index in [1.165, 1.54) is 0 Å². The summed E-state index contributed by atoms with van der Waals surface area (Å²) in [5, 5.41) is 5.85. The Bertz CT molecular complexity index is 550. The first-order chi connectivity index (χ1) is 17.5. The number of nitrogens with one attached hydrogen (secondary N) is 2. The number of likely N-dealkylation sites (N-methyl/N-ethyl adjacent to an activating group) is 1. The highest BCUT2D eigenvalue weighted by atomic mass is 16.6. The second-order valence-electron chi connectivity index (χ2n) is 8.17. The van der Waals surface area contributed by atoms with Crippen LogP contribution in [0.1, 0.15) is 46.0 Å². The number of amides is 1. The maximum atomic E-state index is 11.8. The number of rotatable bonds is 28. The largest absolute Gasteiger partial charge is 0.379 e. The third-order valence-electron chi connectivity index (χ3n) is 5.01. The normalized spacial score (nSPS) is 12.0. The minimum absolute atomic E-state index is 0.0370. The van der Waals surface area contributed by atoms with Crippen molar-refractivity contribution in [1.29, 1.82) is 0 Å². The van der Waals surface area contributed by atoms with Gasteiger partial charge in [-0.1, -0.05) is 0 Å². The van der Waals surface area contributed by atoms with E-state index in [2.05, 4.69) is 10.6 Å². The highest BCUT2D eigenvalue weighted by Crippen LogP contribution is 2.01. The Hall–Kier alpha value is -1.47. The summed E-state index contributed by atoms with van der Waals surface area (Å²) in [7, 11) is 1.78. The number of hydrogen-bond acceptors (Lipinski definition) is 10. The summed E-state index contributed by atoms with van der Waals surface area (Å²) < 4.78 is 32.3. The van der Waals surface area contributed by atoms with Crippen molar-refractivity contribution in [2.45, 2.75) is 52.0 Å². The summed E-state index contributed by atoms with van der Waals surface area (Å²) in [6, 6.07) is -0.101. The van der Waals surface area contributed by atoms with E-state index in [1.807, 2.05) is 0 Å². The zero-order valence-electron chi connectivity index (χ0n) is 22.5. The van der Waals surface area contributed by atoms with Crippen LogP contribution in [0.3, 0.4) is 0 Å². The lowest BCUT2D eigenvalue weighted by molar-refractivity contribution is -0.122. The molecule has 0 aliphatic heterocycles. The van der Waals surface area contributed by atoms with Gasteiger partial charge < -0.3 is 39.1 Å². The molecule has 2 N–H and O–H groups in total. The number of ketones is 2. The van der Waals surface area contributed by atoms with Gasteiger partial charge >= 0.3 is 0 Å². The van der Waals surface area contributed by atoms with Crippen molar-refractivity contribution in [2.75, 3.05) is 92.9 Å². The minimum atomic E-state index is -0.101. The monoisotopic (exact) mass is 520 g/mol. The van der Waals surface area contributed by atoms with Crippen LogP contribution in [0.25, 0.3) is 0 Å². The molecule has 1 atom stereocenters. The van der Waals surface area contributed by atoms with Gasteiger partial charge in [0.1, 0.15) is 11.6 Å². The average Bonchev–Trinajstić information content (AvgIpc) is 2.84. The number of carbonyl (C=O) groups excluding carboxylic acids is 3. The van der Waals surface area contributed by atoms with Crippen LogP contribution in [0.4, 0.5) is 0 Å². The predicted molar refractivity (Wildman–Crippen MR) is 135 cm³/mol. The van der Waals surface area contributed by atoms with Crippen molar-refractivity contribution in [3.8, 4) is 0 Å². The molecular weight excluding hydrogens is 472 g/mol. The summed E-state index contributed by atoms with van der Waals surface area (Å²) in [5.74, 6) is 0.223. The summed E-state index contributed by atoms with van der Waals surface area (Å²) in [6.45, 7) is 9.22. The van der Waals surface area contributed by atoms with E-state index < -0.39 is 0 Å². The van der Waals surface area contributed by atoms with Crippen LogP contribution in [-0.4, -0.2) is 116 Å². The molecule has 0 aliphatic rings. The van der Waals surface area contributed by atoms with Gasteiger partial charge in [-0.3, -0.25) is 14.4 Å². The second kappa shape index (κ2) is 26.6. The molecule has 0 aliphatic carbocycles. The third-order valence-corrected chi connectivity index (χ3v) is 5.01. The van der Waals surface area contributed by atoms with Gasteiger partial charge in [0, 0.05) is 19.4 Å². The molecule has 0 saturated heterocycles. The first-order valence-corrected chi connectivity index (χ1v) is 12.9. The number of carbonyl (C=O) groups is 3. The molecule has 0 radical (unpaired) electrons. The molecular formula is C25H48N2O9. The Balaban J connectivity index is 3.22. The van der Waals surface area contributed by atoms with Gasteiger partial charge in [-0.05, 0) is 40.2 Å². The standard InChI is InChI=1S/C25H48N2O9/c1-22(28)7-10-31-12-14-33-16-18-35-20-21-36-19-17-34-15-13-32-11-8-25(30)27-9-5-4-6-24(26-3)23(2)29/h24,26H,4-21H2,1-3H3,(H,27,30). The zero-order chi connectivity index (χ0) is 26.7. The summed E-state index contributed by atoms with van der Waals surface area (Å²) in [6.07, 6.45) is 3.26. The van der Waals surface area contributed by atoms with Crippen LogP contribution in [0.5, 0.6) is 0 Å². The Morgan fingerprint density at radius 3 is 1.42 bits per heavy atom. The highest BCUT2D eigenvalue weighted by Gasteiger charge is 2.10. The van der Waals surface area contributed by atoms with Crippen LogP contribution in [-0.2, 0) is 42.8 Å². The molecule has 0 aromatic rings. The maximum absolute atomic E-state index is 11.8. The topological polar surface area (TPSA) is 131 Å². The summed E-state index contributed by atoms with van der Waals surface area (Å²) in [5.41, 5.74) is 0. The summed E-state index contributed by atoms with van der Waals surface area (Å²) >= 11 is 0. The number of unbranched alkanes of at least 4 members (excludes halogenated alkanes) is 1. The highest BCUT2D eigenvalue weighted by molar-refractivity contribution is 5.81. The molecule has 11 nitrogen and oxygen atoms in total. The molecule has 36 heavy (non-hydrogen) atoms. The fourth-order valence-corrected chi connectivity index (χ4v) is 2.92. The fraction of sp³-hybridized carbons (Fsp3) is 0.880. The lowest BCUT2D eigenvalue weighted by Gasteiger charge is -2.12. The van der Waals surface area contributed by atoms with Gasteiger partial charge in [-0.15, -0.1) is 0 Å². The van der Waals surface area contributed by atoms with Crippen molar-refractivity contribution in [3.63, 3.8) is 0 Å². The predicted octanol–water partition coefficient (Wildman–Crippen LogP) is 0.919. The molecule has 11 heteroatoms. The van der Waals surface area contributed by atoms with Crippen LogP contribution < -0.4 is 10.6 Å². The Morgan fingerprint density at radius 1 is 0.611 bits per heavy atom. The van der Waals surface area contributed by atoms with Crippen molar-refractivity contribution in [2.24, 2.45) is 0 Å². The quantitative estimate of drug-likeness (QED) is 0.144. The van der Waals surface area contributed by atoms with Crippen LogP contribution in [0.15, 0.2) is 0 Å². The molecule has 0 fully saturated rings. The lowest BCUT2D eigenvalue weighted by atomic mass is 10.1. The molecule has 0 rings (SSSR count). The molecule has 0 heterocycles. The Morgan fingerprint density at radius 2 is 1.03 bits per heavy atom. The van der Waals surface area contributed by atoms with E-state index in [1.54, 1.807) is 20.9 Å². The molecule has 0 aromatic heterocycles. The van der Waals surface area contributed by atoms with Crippen molar-refractivity contribution in [3.05, 3.63) is 0 Å². The fourth-order valence-electron chi connectivity index (χ4n) is 2.92. The number of hydrogen-bond donors (Lipinski definition) is 2. The van der Waals surface area contributed by atoms with Crippen molar-refractivity contribution >= 4 is 17.5 Å². The molecule has 0 aromatic carbocycles. The van der Waals surface area contributed by atoms with Crippen LogP contribution >= 0.6 is 0 Å². The van der Waals surface area contributed by atoms with Gasteiger partial charge in [-0.2, -0.15) is 0 Å². The smallest absolute Gasteiger partial charge is 0.222 e. The van der Waals surface area contributed by atoms with E-state index >= 15 is 0 Å². The molecule has 0 saturated carbocycles. The van der Waals surface area contributed by atoms with E-state index in [0.29, 0.717) is 98.7 Å². The van der Waals surface area contributed by atoms with Crippen LogP contribution in [0, 0.1) is 0 Å². The Labute approximate surface area is 216 Å². The van der Waals surface area contributed by atoms with E-state index in [0.717, 1.165) is 19.3 Å². The molecule has 1 unspecified atom stereocenters. The molecule has 0 spiro atoms. The first-order valence-electron chi connectivity index (χ1n) is 12.9. The van der Waals surface area contributed by atoms with Gasteiger partial charge in [0.15, 0.2) is 0 Å². The average molecular weight is 521 g/mol. The second-order valence-corrected chi connectivity index (χ2v) is 8.17. The van der Waals surface area contributed by atoms with Gasteiger partial charge in [0.05, 0.1) is 85.3 Å². The van der Waals surface area contributed by atoms with Crippen molar-refractivity contribution in [1.82, 2.24) is 10.6 Å². The summed E-state index contributed by atoms with van der Waals surface area (Å²) in [4.78, 5) is 33.8. The van der Waals surface area contributed by atoms with Gasteiger partial charge in [0.2, 0.25) is 5.91 Å². The SMILES string of the molecule is CNC(CCCCNC(=O)CCOCCOCCOCCOCCOCCOCCC(C)=O)C(C)=O. The van der Waals surface area contributed by atoms with Gasteiger partial charge in [-0.25, -0.2) is 0 Å². The number of Topliss-reactive ketones (excluding diaryl/α,β-unsaturated/α-hetero) is 2. The zero-order valence-corrected chi connectivity index (χ0v) is 22.5. The van der Waals surface area contributed by atoms with Gasteiger partial charge in [0.25, 0.3) is 0 Å². The van der Waals surface area contributed by atoms with Crippen LogP contribution in [0.2, 0.25) is 0 Å². The van der Waals surface area contributed by atoms with E-state index in [4.69, 9.17) is 28.4 Å². The molecule has 0 bridgehead atoms. The first kappa shape index (κ1) is 34.5. The van der Waals surface area contributed by atoms with E-state index in [9.17, 15) is 14.4 Å². The third kappa shape index (κ3) is 25.6. The molecule has 1 amide bonds. The lowest BCUT2D eigenvalue weighted by Crippen LogP contribution is -2.32. The van der Waals surface area contributed by atoms with Crippen molar-refractivity contribution < 1.29 is 42.8 Å². The van der Waals surface area contributed by atoms with E-state index in [-0.39, 0.29) is 23.5 Å². The minimum Gasteiger partial charge on any atom is -0.379 e.